The molecule has 1 aromatic rings. The maximum absolute atomic E-state index is 12.7. The molecule has 0 atom stereocenters. The third-order valence-electron chi connectivity index (χ3n) is 1.49. The molecule has 0 unspecified atom stereocenters. The summed E-state index contributed by atoms with van der Waals surface area (Å²) in [7, 11) is 0. The maximum atomic E-state index is 12.7. The largest absolute Gasteiger partial charge is 0.295 e. The number of benzene rings is 1. The standard InChI is InChI=1S/C9H6FNO/c1-6(12)7-2-3-9(10)8(4-7)5-11/h2-4H,1H3/i10-1. The monoisotopic (exact) mass is 162 g/mol. The molecular formula is C9H6FNO. The van der Waals surface area contributed by atoms with Crippen LogP contribution < -0.4 is 0 Å². The Morgan fingerprint density at radius 3 is 2.75 bits per heavy atom. The highest BCUT2D eigenvalue weighted by Crippen LogP contribution is 2.09. The zero-order valence-electron chi connectivity index (χ0n) is 6.47. The molecule has 0 bridgehead atoms. The summed E-state index contributed by atoms with van der Waals surface area (Å²) in [6.45, 7) is 1.37. The molecule has 0 heterocycles. The number of hydrogen-bond donors (Lipinski definition) is 0. The predicted octanol–water partition coefficient (Wildman–Crippen LogP) is 1.90. The molecule has 3 heteroatoms. The van der Waals surface area contributed by atoms with Crippen molar-refractivity contribution in [2.45, 2.75) is 6.92 Å². The minimum absolute atomic E-state index is 0.0947. The van der Waals surface area contributed by atoms with Gasteiger partial charge in [-0.15, -0.1) is 0 Å². The minimum Gasteiger partial charge on any atom is -0.295 e. The molecule has 0 amide bonds. The molecule has 0 saturated heterocycles. The third kappa shape index (κ3) is 1.48. The summed E-state index contributed by atoms with van der Waals surface area (Å²) in [5.74, 6) is -0.769. The Bertz CT molecular complexity index is 365. The van der Waals surface area contributed by atoms with Crippen LogP contribution in [-0.2, 0) is 0 Å². The highest BCUT2D eigenvalue weighted by Gasteiger charge is 2.04. The summed E-state index contributed by atoms with van der Waals surface area (Å²) in [6, 6.07) is 5.39. The number of nitriles is 1. The lowest BCUT2D eigenvalue weighted by Crippen LogP contribution is -1.94. The van der Waals surface area contributed by atoms with Crippen molar-refractivity contribution in [3.05, 3.63) is 35.1 Å². The third-order valence-corrected chi connectivity index (χ3v) is 1.49. The number of carbonyl (C=O) groups excluding carboxylic acids is 1. The van der Waals surface area contributed by atoms with Crippen molar-refractivity contribution in [2.75, 3.05) is 0 Å². The number of hydrogen-bond acceptors (Lipinski definition) is 2. The Labute approximate surface area is 69.2 Å². The smallest absolute Gasteiger partial charge is 0.159 e. The van der Waals surface area contributed by atoms with Crippen LogP contribution in [0.25, 0.3) is 0 Å². The minimum atomic E-state index is -0.595. The van der Waals surface area contributed by atoms with Crippen LogP contribution in [0.2, 0.25) is 0 Å². The number of halogens is 1. The first-order valence-corrected chi connectivity index (χ1v) is 3.35. The molecule has 12 heavy (non-hydrogen) atoms. The van der Waals surface area contributed by atoms with Gasteiger partial charge < -0.3 is 0 Å². The molecule has 1 rings (SSSR count). The van der Waals surface area contributed by atoms with Gasteiger partial charge in [0.1, 0.15) is 11.9 Å². The summed E-state index contributed by atoms with van der Waals surface area (Å²) < 4.78 is 12.7. The van der Waals surface area contributed by atoms with Crippen molar-refractivity contribution in [1.29, 1.82) is 5.26 Å². The molecule has 0 spiro atoms. The van der Waals surface area contributed by atoms with Gasteiger partial charge in [0.15, 0.2) is 5.78 Å². The van der Waals surface area contributed by atoms with E-state index in [1.807, 2.05) is 0 Å². The molecule has 0 saturated carbocycles. The zero-order valence-corrected chi connectivity index (χ0v) is 6.47. The van der Waals surface area contributed by atoms with Gasteiger partial charge in [-0.25, -0.2) is 4.39 Å². The Balaban J connectivity index is 3.25. The van der Waals surface area contributed by atoms with E-state index < -0.39 is 5.82 Å². The van der Waals surface area contributed by atoms with Gasteiger partial charge >= 0.3 is 0 Å². The number of ketones is 1. The second-order valence-corrected chi connectivity index (χ2v) is 2.36. The molecule has 1 aromatic carbocycles. The van der Waals surface area contributed by atoms with Crippen molar-refractivity contribution in [2.24, 2.45) is 0 Å². The van der Waals surface area contributed by atoms with E-state index in [4.69, 9.17) is 5.26 Å². The molecular weight excluding hydrogens is 156 g/mol. The average Bonchev–Trinajstić information content (AvgIpc) is 2.05. The number of nitrogens with zero attached hydrogens (tertiary/aromatic N) is 1. The quantitative estimate of drug-likeness (QED) is 0.591. The van der Waals surface area contributed by atoms with E-state index in [0.29, 0.717) is 5.56 Å². The maximum Gasteiger partial charge on any atom is 0.159 e. The van der Waals surface area contributed by atoms with Gasteiger partial charge in [0.25, 0.3) is 0 Å². The second-order valence-electron chi connectivity index (χ2n) is 2.36. The molecule has 2 nitrogen and oxygen atoms in total. The molecule has 60 valence electrons. The first-order valence-electron chi connectivity index (χ1n) is 3.35. The highest BCUT2D eigenvalue weighted by atomic mass is 18.2. The van der Waals surface area contributed by atoms with E-state index >= 15 is 0 Å². The molecule has 0 aromatic heterocycles. The van der Waals surface area contributed by atoms with Gasteiger partial charge in [0.05, 0.1) is 5.56 Å². The van der Waals surface area contributed by atoms with Crippen molar-refractivity contribution in [1.82, 2.24) is 0 Å². The lowest BCUT2D eigenvalue weighted by atomic mass is 10.1. The van der Waals surface area contributed by atoms with E-state index in [1.54, 1.807) is 6.07 Å². The summed E-state index contributed by atoms with van der Waals surface area (Å²) in [4.78, 5) is 10.8. The first kappa shape index (κ1) is 8.41. The Morgan fingerprint density at radius 2 is 2.25 bits per heavy atom. The van der Waals surface area contributed by atoms with Gasteiger partial charge in [-0.05, 0) is 25.1 Å². The number of rotatable bonds is 1. The van der Waals surface area contributed by atoms with Crippen molar-refractivity contribution >= 4 is 5.78 Å². The van der Waals surface area contributed by atoms with Gasteiger partial charge in [-0.3, -0.25) is 4.79 Å². The predicted molar refractivity (Wildman–Crippen MR) is 41.1 cm³/mol. The molecule has 0 N–H and O–H groups in total. The SMILES string of the molecule is CC(=O)c1ccc([18F])c(C#N)c1. The molecule has 0 radical (unpaired) electrons. The van der Waals surface area contributed by atoms with Crippen LogP contribution in [0.5, 0.6) is 0 Å². The summed E-state index contributed by atoms with van der Waals surface area (Å²) in [5.41, 5.74) is 0.260. The lowest BCUT2D eigenvalue weighted by molar-refractivity contribution is 0.101. The van der Waals surface area contributed by atoms with E-state index in [0.717, 1.165) is 6.07 Å². The fraction of sp³-hybridized carbons (Fsp3) is 0.111. The fourth-order valence-electron chi connectivity index (χ4n) is 0.830. The van der Waals surface area contributed by atoms with Crippen LogP contribution in [-0.4, -0.2) is 5.78 Å². The zero-order chi connectivity index (χ0) is 9.14. The van der Waals surface area contributed by atoms with Crippen LogP contribution in [0.4, 0.5) is 4.39 Å². The Hall–Kier alpha value is -1.69. The van der Waals surface area contributed by atoms with Crippen LogP contribution in [0.15, 0.2) is 18.2 Å². The van der Waals surface area contributed by atoms with E-state index in [2.05, 4.69) is 0 Å². The van der Waals surface area contributed by atoms with Gasteiger partial charge in [-0.1, -0.05) is 0 Å². The lowest BCUT2D eigenvalue weighted by Gasteiger charge is -1.96. The molecule has 0 aliphatic carbocycles. The van der Waals surface area contributed by atoms with Crippen LogP contribution in [0.1, 0.15) is 22.8 Å². The van der Waals surface area contributed by atoms with Gasteiger partial charge in [-0.2, -0.15) is 5.26 Å². The molecule has 0 aliphatic rings. The van der Waals surface area contributed by atoms with Gasteiger partial charge in [0, 0.05) is 5.56 Å². The topological polar surface area (TPSA) is 40.9 Å². The van der Waals surface area contributed by atoms with E-state index in [1.165, 1.54) is 19.1 Å². The van der Waals surface area contributed by atoms with Crippen molar-refractivity contribution in [3.63, 3.8) is 0 Å². The van der Waals surface area contributed by atoms with Gasteiger partial charge in [0.2, 0.25) is 0 Å². The summed E-state index contributed by atoms with van der Waals surface area (Å²) >= 11 is 0. The highest BCUT2D eigenvalue weighted by molar-refractivity contribution is 5.94. The van der Waals surface area contributed by atoms with E-state index in [9.17, 15) is 9.18 Å². The van der Waals surface area contributed by atoms with Crippen LogP contribution in [0, 0.1) is 17.1 Å². The Morgan fingerprint density at radius 1 is 1.58 bits per heavy atom. The Kier molecular flexibility index (Phi) is 2.20. The second kappa shape index (κ2) is 3.14. The number of carbonyl (C=O) groups is 1. The van der Waals surface area contributed by atoms with Crippen molar-refractivity contribution < 1.29 is 9.18 Å². The van der Waals surface area contributed by atoms with Crippen LogP contribution in [0.3, 0.4) is 0 Å². The number of Topliss-reactive ketones (excluding diaryl/α,β-unsaturated/α-hetero) is 1. The van der Waals surface area contributed by atoms with E-state index in [-0.39, 0.29) is 11.3 Å². The fourth-order valence-corrected chi connectivity index (χ4v) is 0.830. The average molecular weight is 162 g/mol. The molecule has 0 aliphatic heterocycles. The normalized spacial score (nSPS) is 9.08. The van der Waals surface area contributed by atoms with Crippen LogP contribution >= 0.6 is 0 Å². The summed E-state index contributed by atoms with van der Waals surface area (Å²) in [5, 5.41) is 8.42. The first-order chi connectivity index (χ1) is 5.65. The summed E-state index contributed by atoms with van der Waals surface area (Å²) in [6.07, 6.45) is 0. The van der Waals surface area contributed by atoms with Crippen molar-refractivity contribution in [3.8, 4) is 6.07 Å². The molecule has 0 fully saturated rings.